The zero-order valence-corrected chi connectivity index (χ0v) is 20.1. The molecule has 172 valence electrons. The van der Waals surface area contributed by atoms with Crippen LogP contribution in [0.25, 0.3) is 10.9 Å². The van der Waals surface area contributed by atoms with Crippen LogP contribution in [0.2, 0.25) is 10.0 Å². The number of ether oxygens (including phenoxy) is 1. The van der Waals surface area contributed by atoms with Gasteiger partial charge in [0.1, 0.15) is 5.75 Å². The van der Waals surface area contributed by atoms with Crippen molar-refractivity contribution in [1.82, 2.24) is 14.5 Å². The average molecular weight is 500 g/mol. The zero-order valence-electron chi connectivity index (χ0n) is 18.6. The van der Waals surface area contributed by atoms with Gasteiger partial charge in [-0.25, -0.2) is 9.97 Å². The lowest BCUT2D eigenvalue weighted by Crippen LogP contribution is -2.31. The van der Waals surface area contributed by atoms with E-state index in [-0.39, 0.29) is 5.75 Å². The summed E-state index contributed by atoms with van der Waals surface area (Å²) in [5.41, 5.74) is 1.09. The lowest BCUT2D eigenvalue weighted by molar-refractivity contribution is 0.117. The van der Waals surface area contributed by atoms with Gasteiger partial charge in [0.15, 0.2) is 17.0 Å². The molecule has 0 saturated heterocycles. The molecule has 0 amide bonds. The topological polar surface area (TPSA) is 60.2 Å². The van der Waals surface area contributed by atoms with Crippen LogP contribution in [0.5, 0.6) is 11.5 Å². The molecule has 0 fully saturated rings. The molecule has 0 bridgehead atoms. The summed E-state index contributed by atoms with van der Waals surface area (Å²) in [6.07, 6.45) is 8.99. The number of fused-ring (bicyclic) bond motifs is 1. The molecule has 0 spiro atoms. The molecule has 5 rings (SSSR count). The highest BCUT2D eigenvalue weighted by Gasteiger charge is 2.37. The number of para-hydroxylation sites is 1. The van der Waals surface area contributed by atoms with Crippen molar-refractivity contribution in [3.05, 3.63) is 118 Å². The summed E-state index contributed by atoms with van der Waals surface area (Å²) in [5, 5.41) is 13.7. The standard InChI is InChI=1S/C28H19Cl2N3O2/c1-3-23-27(35-21-7-5-4-6-8-21)26(30)22-15-19(11-14-24(22)32-23)28(34,25-16-31-17-33(25)2)18-9-12-20(29)13-10-18/h1,4-17,34H,2H3. The second kappa shape index (κ2) is 9.09. The molecular weight excluding hydrogens is 481 g/mol. The highest BCUT2D eigenvalue weighted by Crippen LogP contribution is 2.42. The van der Waals surface area contributed by atoms with Crippen LogP contribution >= 0.6 is 23.2 Å². The maximum Gasteiger partial charge on any atom is 0.180 e. The number of benzene rings is 3. The third-order valence-electron chi connectivity index (χ3n) is 5.85. The number of aryl methyl sites for hydroxylation is 1. The van der Waals surface area contributed by atoms with E-state index in [0.29, 0.717) is 49.2 Å². The van der Waals surface area contributed by atoms with Crippen LogP contribution in [-0.2, 0) is 12.6 Å². The fourth-order valence-corrected chi connectivity index (χ4v) is 4.49. The number of pyridine rings is 1. The molecule has 5 nitrogen and oxygen atoms in total. The predicted octanol–water partition coefficient (Wildman–Crippen LogP) is 6.33. The molecule has 5 aromatic rings. The summed E-state index contributed by atoms with van der Waals surface area (Å²) in [5.74, 6) is 3.42. The summed E-state index contributed by atoms with van der Waals surface area (Å²) in [7, 11) is 1.82. The monoisotopic (exact) mass is 499 g/mol. The average Bonchev–Trinajstić information content (AvgIpc) is 3.32. The van der Waals surface area contributed by atoms with Crippen molar-refractivity contribution in [1.29, 1.82) is 0 Å². The SMILES string of the molecule is C#Cc1nc2ccc(C(O)(c3ccc(Cl)cc3)c3cncn3C)cc2c(Cl)c1Oc1ccccc1. The van der Waals surface area contributed by atoms with Crippen molar-refractivity contribution in [2.45, 2.75) is 5.60 Å². The molecule has 0 aliphatic heterocycles. The van der Waals surface area contributed by atoms with E-state index in [1.807, 2.05) is 25.2 Å². The summed E-state index contributed by atoms with van der Waals surface area (Å²) in [4.78, 5) is 8.79. The lowest BCUT2D eigenvalue weighted by atomic mass is 9.83. The molecule has 3 aromatic carbocycles. The van der Waals surface area contributed by atoms with Crippen LogP contribution in [0.15, 0.2) is 85.3 Å². The first-order valence-corrected chi connectivity index (χ1v) is 11.5. The first-order valence-electron chi connectivity index (χ1n) is 10.7. The summed E-state index contributed by atoms with van der Waals surface area (Å²) < 4.78 is 7.79. The van der Waals surface area contributed by atoms with Gasteiger partial charge in [0.2, 0.25) is 0 Å². The fourth-order valence-electron chi connectivity index (χ4n) is 4.09. The number of hydrogen-bond donors (Lipinski definition) is 1. The molecule has 35 heavy (non-hydrogen) atoms. The van der Waals surface area contributed by atoms with Gasteiger partial charge in [0, 0.05) is 17.5 Å². The third kappa shape index (κ3) is 4.02. The third-order valence-corrected chi connectivity index (χ3v) is 6.47. The highest BCUT2D eigenvalue weighted by molar-refractivity contribution is 6.37. The van der Waals surface area contributed by atoms with Gasteiger partial charge in [0.05, 0.1) is 28.8 Å². The van der Waals surface area contributed by atoms with E-state index in [2.05, 4.69) is 15.9 Å². The molecule has 0 saturated carbocycles. The lowest BCUT2D eigenvalue weighted by Gasteiger charge is -2.30. The van der Waals surface area contributed by atoms with E-state index in [9.17, 15) is 5.11 Å². The van der Waals surface area contributed by atoms with Crippen LogP contribution < -0.4 is 4.74 Å². The smallest absolute Gasteiger partial charge is 0.180 e. The molecule has 7 heteroatoms. The van der Waals surface area contributed by atoms with Gasteiger partial charge >= 0.3 is 0 Å². The van der Waals surface area contributed by atoms with Gasteiger partial charge < -0.3 is 14.4 Å². The minimum absolute atomic E-state index is 0.278. The zero-order chi connectivity index (χ0) is 24.6. The first-order chi connectivity index (χ1) is 16.9. The van der Waals surface area contributed by atoms with Gasteiger partial charge in [-0.15, -0.1) is 6.42 Å². The van der Waals surface area contributed by atoms with Gasteiger partial charge in [-0.1, -0.05) is 59.6 Å². The minimum atomic E-state index is -1.54. The molecular formula is C28H19Cl2N3O2. The highest BCUT2D eigenvalue weighted by atomic mass is 35.5. The maximum absolute atomic E-state index is 12.2. The van der Waals surface area contributed by atoms with Gasteiger partial charge in [-0.05, 0) is 53.4 Å². The van der Waals surface area contributed by atoms with Gasteiger partial charge in [0.25, 0.3) is 0 Å². The number of halogens is 2. The van der Waals surface area contributed by atoms with Crippen LogP contribution in [0, 0.1) is 12.3 Å². The Labute approximate surface area is 212 Å². The molecule has 0 radical (unpaired) electrons. The predicted molar refractivity (Wildman–Crippen MR) is 138 cm³/mol. The Bertz CT molecular complexity index is 1570. The Kier molecular flexibility index (Phi) is 5.96. The van der Waals surface area contributed by atoms with E-state index in [1.54, 1.807) is 71.7 Å². The van der Waals surface area contributed by atoms with Crippen molar-refractivity contribution >= 4 is 34.1 Å². The molecule has 1 atom stereocenters. The normalized spacial score (nSPS) is 12.8. The van der Waals surface area contributed by atoms with Crippen molar-refractivity contribution in [2.24, 2.45) is 7.05 Å². The van der Waals surface area contributed by atoms with Crippen molar-refractivity contribution in [2.75, 3.05) is 0 Å². The Morgan fingerprint density at radius 2 is 1.71 bits per heavy atom. The molecule has 1 unspecified atom stereocenters. The van der Waals surface area contributed by atoms with Crippen LogP contribution in [0.3, 0.4) is 0 Å². The molecule has 1 N–H and O–H groups in total. The minimum Gasteiger partial charge on any atom is -0.453 e. The summed E-state index contributed by atoms with van der Waals surface area (Å²) >= 11 is 13.0. The number of terminal acetylenes is 1. The second-order valence-corrected chi connectivity index (χ2v) is 8.82. The van der Waals surface area contributed by atoms with Crippen LogP contribution in [-0.4, -0.2) is 19.6 Å². The van der Waals surface area contributed by atoms with Crippen LogP contribution in [0.4, 0.5) is 0 Å². The second-order valence-electron chi connectivity index (χ2n) is 8.00. The van der Waals surface area contributed by atoms with Gasteiger partial charge in [-0.3, -0.25) is 0 Å². The molecule has 0 aliphatic rings. The van der Waals surface area contributed by atoms with Gasteiger partial charge in [-0.2, -0.15) is 0 Å². The Morgan fingerprint density at radius 3 is 2.37 bits per heavy atom. The number of imidazole rings is 1. The summed E-state index contributed by atoms with van der Waals surface area (Å²) in [6, 6.07) is 21.6. The Morgan fingerprint density at radius 1 is 1.00 bits per heavy atom. The van der Waals surface area contributed by atoms with E-state index < -0.39 is 5.60 Å². The summed E-state index contributed by atoms with van der Waals surface area (Å²) in [6.45, 7) is 0. The quantitative estimate of drug-likeness (QED) is 0.287. The van der Waals surface area contributed by atoms with Crippen LogP contribution in [0.1, 0.15) is 22.5 Å². The van der Waals surface area contributed by atoms with Crippen molar-refractivity contribution < 1.29 is 9.84 Å². The van der Waals surface area contributed by atoms with E-state index in [4.69, 9.17) is 34.4 Å². The first kappa shape index (κ1) is 22.9. The molecule has 0 aliphatic carbocycles. The van der Waals surface area contributed by atoms with Crippen molar-refractivity contribution in [3.8, 4) is 23.8 Å². The number of nitrogens with zero attached hydrogens (tertiary/aromatic N) is 3. The van der Waals surface area contributed by atoms with E-state index in [1.165, 1.54) is 0 Å². The largest absolute Gasteiger partial charge is 0.453 e. The van der Waals surface area contributed by atoms with Crippen molar-refractivity contribution in [3.63, 3.8) is 0 Å². The van der Waals surface area contributed by atoms with E-state index in [0.717, 1.165) is 0 Å². The number of hydrogen-bond acceptors (Lipinski definition) is 4. The number of aliphatic hydroxyl groups is 1. The molecule has 2 heterocycles. The Balaban J connectivity index is 1.73. The number of aromatic nitrogens is 3. The number of rotatable bonds is 5. The van der Waals surface area contributed by atoms with E-state index >= 15 is 0 Å². The Hall–Kier alpha value is -3.82. The molecule has 2 aromatic heterocycles. The fraction of sp³-hybridized carbons (Fsp3) is 0.0714. The maximum atomic E-state index is 12.2.